The molecule has 1 amide bonds. The van der Waals surface area contributed by atoms with Crippen molar-refractivity contribution in [3.8, 4) is 5.75 Å². The quantitative estimate of drug-likeness (QED) is 0.807. The highest BCUT2D eigenvalue weighted by atomic mass is 35.5. The Bertz CT molecular complexity index is 673. The van der Waals surface area contributed by atoms with Gasteiger partial charge in [-0.1, -0.05) is 53.0 Å². The molecule has 2 rings (SSSR count). The molecule has 2 aromatic carbocycles. The van der Waals surface area contributed by atoms with Gasteiger partial charge in [0.1, 0.15) is 0 Å². The van der Waals surface area contributed by atoms with Crippen molar-refractivity contribution < 1.29 is 9.53 Å². The SMILES string of the molecule is Cc1cccc(C)c1NC(=O)COc1c(Cl)cc(Cl)cc1Cl. The number of para-hydroxylation sites is 1. The molecule has 0 aliphatic rings. The van der Waals surface area contributed by atoms with Crippen LogP contribution >= 0.6 is 34.8 Å². The summed E-state index contributed by atoms with van der Waals surface area (Å²) in [6.07, 6.45) is 0. The molecule has 116 valence electrons. The zero-order valence-corrected chi connectivity index (χ0v) is 14.3. The molecule has 2 aromatic rings. The number of aryl methyl sites for hydroxylation is 2. The molecule has 0 bridgehead atoms. The normalized spacial score (nSPS) is 10.4. The third kappa shape index (κ3) is 4.07. The number of anilines is 1. The van der Waals surface area contributed by atoms with Crippen molar-refractivity contribution >= 4 is 46.4 Å². The Morgan fingerprint density at radius 3 is 2.18 bits per heavy atom. The first-order valence-corrected chi connectivity index (χ1v) is 7.65. The molecule has 0 atom stereocenters. The highest BCUT2D eigenvalue weighted by molar-refractivity contribution is 6.40. The average molecular weight is 359 g/mol. The van der Waals surface area contributed by atoms with Crippen molar-refractivity contribution in [1.82, 2.24) is 0 Å². The molecule has 0 aliphatic carbocycles. The second-order valence-electron chi connectivity index (χ2n) is 4.80. The molecule has 0 heterocycles. The van der Waals surface area contributed by atoms with Crippen molar-refractivity contribution in [1.29, 1.82) is 0 Å². The molecule has 22 heavy (non-hydrogen) atoms. The number of rotatable bonds is 4. The van der Waals surface area contributed by atoms with E-state index < -0.39 is 0 Å². The minimum atomic E-state index is -0.292. The smallest absolute Gasteiger partial charge is 0.262 e. The fourth-order valence-electron chi connectivity index (χ4n) is 1.99. The standard InChI is InChI=1S/C16H14Cl3NO2/c1-9-4-3-5-10(2)15(9)20-14(21)8-22-16-12(18)6-11(17)7-13(16)19/h3-7H,8H2,1-2H3,(H,20,21). The van der Waals surface area contributed by atoms with Crippen LogP contribution in [0.2, 0.25) is 15.1 Å². The number of hydrogen-bond acceptors (Lipinski definition) is 2. The number of amides is 1. The van der Waals surface area contributed by atoms with Crippen LogP contribution in [0.1, 0.15) is 11.1 Å². The van der Waals surface area contributed by atoms with Gasteiger partial charge in [0.05, 0.1) is 10.0 Å². The lowest BCUT2D eigenvalue weighted by Gasteiger charge is -2.13. The monoisotopic (exact) mass is 357 g/mol. The van der Waals surface area contributed by atoms with E-state index in [1.807, 2.05) is 32.0 Å². The summed E-state index contributed by atoms with van der Waals surface area (Å²) >= 11 is 17.8. The molecule has 0 unspecified atom stereocenters. The van der Waals surface area contributed by atoms with Gasteiger partial charge in [0.25, 0.3) is 5.91 Å². The van der Waals surface area contributed by atoms with Crippen LogP contribution in [0, 0.1) is 13.8 Å². The van der Waals surface area contributed by atoms with Gasteiger partial charge >= 0.3 is 0 Å². The molecule has 0 saturated carbocycles. The van der Waals surface area contributed by atoms with Gasteiger partial charge in [-0.25, -0.2) is 0 Å². The van der Waals surface area contributed by atoms with E-state index in [1.54, 1.807) is 0 Å². The van der Waals surface area contributed by atoms with Gasteiger partial charge < -0.3 is 10.1 Å². The highest BCUT2D eigenvalue weighted by Gasteiger charge is 2.12. The zero-order valence-electron chi connectivity index (χ0n) is 12.0. The van der Waals surface area contributed by atoms with Gasteiger partial charge in [0.15, 0.2) is 12.4 Å². The Balaban J connectivity index is 2.05. The molecule has 3 nitrogen and oxygen atoms in total. The van der Waals surface area contributed by atoms with Crippen LogP contribution in [0.4, 0.5) is 5.69 Å². The summed E-state index contributed by atoms with van der Waals surface area (Å²) in [6.45, 7) is 3.65. The second-order valence-corrected chi connectivity index (χ2v) is 6.05. The summed E-state index contributed by atoms with van der Waals surface area (Å²) in [5.74, 6) is -0.0520. The molecule has 0 fully saturated rings. The van der Waals surface area contributed by atoms with E-state index in [0.717, 1.165) is 16.8 Å². The van der Waals surface area contributed by atoms with Gasteiger partial charge in [-0.3, -0.25) is 4.79 Å². The van der Waals surface area contributed by atoms with Crippen LogP contribution in [0.5, 0.6) is 5.75 Å². The first kappa shape index (κ1) is 16.9. The van der Waals surface area contributed by atoms with E-state index in [0.29, 0.717) is 5.02 Å². The number of hydrogen-bond donors (Lipinski definition) is 1. The maximum atomic E-state index is 12.0. The van der Waals surface area contributed by atoms with Crippen LogP contribution in [0.25, 0.3) is 0 Å². The Kier molecular flexibility index (Phi) is 5.57. The molecule has 6 heteroatoms. The number of nitrogens with one attached hydrogen (secondary N) is 1. The third-order valence-corrected chi connectivity index (χ3v) is 3.84. The Morgan fingerprint density at radius 1 is 1.09 bits per heavy atom. The summed E-state index contributed by atoms with van der Waals surface area (Å²) in [7, 11) is 0. The maximum Gasteiger partial charge on any atom is 0.262 e. The molecule has 0 radical (unpaired) electrons. The first-order valence-electron chi connectivity index (χ1n) is 6.52. The minimum Gasteiger partial charge on any atom is -0.481 e. The first-order chi connectivity index (χ1) is 10.4. The van der Waals surface area contributed by atoms with Crippen LogP contribution in [-0.2, 0) is 4.79 Å². The number of ether oxygens (including phenoxy) is 1. The lowest BCUT2D eigenvalue weighted by molar-refractivity contribution is -0.118. The summed E-state index contributed by atoms with van der Waals surface area (Å²) < 4.78 is 5.40. The van der Waals surface area contributed by atoms with Crippen molar-refractivity contribution in [3.63, 3.8) is 0 Å². The fraction of sp³-hybridized carbons (Fsp3) is 0.188. The van der Waals surface area contributed by atoms with E-state index in [1.165, 1.54) is 12.1 Å². The highest BCUT2D eigenvalue weighted by Crippen LogP contribution is 2.35. The molecule has 0 spiro atoms. The fourth-order valence-corrected chi connectivity index (χ4v) is 2.92. The topological polar surface area (TPSA) is 38.3 Å². The second kappa shape index (κ2) is 7.23. The van der Waals surface area contributed by atoms with E-state index in [2.05, 4.69) is 5.32 Å². The van der Waals surface area contributed by atoms with Crippen molar-refractivity contribution in [2.24, 2.45) is 0 Å². The van der Waals surface area contributed by atoms with Gasteiger partial charge in [-0.05, 0) is 37.1 Å². The van der Waals surface area contributed by atoms with E-state index in [9.17, 15) is 4.79 Å². The number of carbonyl (C=O) groups is 1. The van der Waals surface area contributed by atoms with Gasteiger partial charge in [-0.2, -0.15) is 0 Å². The van der Waals surface area contributed by atoms with Crippen molar-refractivity contribution in [2.45, 2.75) is 13.8 Å². The van der Waals surface area contributed by atoms with Gasteiger partial charge in [0.2, 0.25) is 0 Å². The van der Waals surface area contributed by atoms with Crippen LogP contribution in [0.15, 0.2) is 30.3 Å². The summed E-state index contributed by atoms with van der Waals surface area (Å²) in [6, 6.07) is 8.80. The van der Waals surface area contributed by atoms with E-state index >= 15 is 0 Å². The Labute approximate surface area is 144 Å². The maximum absolute atomic E-state index is 12.0. The van der Waals surface area contributed by atoms with E-state index in [-0.39, 0.29) is 28.3 Å². The molecule has 0 aliphatic heterocycles. The summed E-state index contributed by atoms with van der Waals surface area (Å²) in [5.41, 5.74) is 2.75. The molecule has 1 N–H and O–H groups in total. The third-order valence-electron chi connectivity index (χ3n) is 3.06. The Hall–Kier alpha value is -1.42. The van der Waals surface area contributed by atoms with Gasteiger partial charge in [0, 0.05) is 10.7 Å². The van der Waals surface area contributed by atoms with Crippen molar-refractivity contribution in [3.05, 3.63) is 56.5 Å². The predicted molar refractivity (Wildman–Crippen MR) is 91.5 cm³/mol. The molecular formula is C16H14Cl3NO2. The predicted octanol–water partition coefficient (Wildman–Crippen LogP) is 5.28. The molecular weight excluding hydrogens is 345 g/mol. The number of carbonyl (C=O) groups excluding carboxylic acids is 1. The molecule has 0 aromatic heterocycles. The largest absolute Gasteiger partial charge is 0.481 e. The van der Waals surface area contributed by atoms with Gasteiger partial charge in [-0.15, -0.1) is 0 Å². The lowest BCUT2D eigenvalue weighted by Crippen LogP contribution is -2.21. The number of benzene rings is 2. The minimum absolute atomic E-state index is 0.200. The Morgan fingerprint density at radius 2 is 1.64 bits per heavy atom. The summed E-state index contributed by atoms with van der Waals surface area (Å²) in [4.78, 5) is 12.0. The van der Waals surface area contributed by atoms with Crippen LogP contribution in [-0.4, -0.2) is 12.5 Å². The molecule has 0 saturated heterocycles. The average Bonchev–Trinajstić information content (AvgIpc) is 2.42. The zero-order chi connectivity index (χ0) is 16.3. The van der Waals surface area contributed by atoms with Crippen molar-refractivity contribution in [2.75, 3.05) is 11.9 Å². The van der Waals surface area contributed by atoms with Crippen LogP contribution in [0.3, 0.4) is 0 Å². The number of halogens is 3. The summed E-state index contributed by atoms with van der Waals surface area (Å²) in [5, 5.41) is 3.75. The van der Waals surface area contributed by atoms with E-state index in [4.69, 9.17) is 39.5 Å². The lowest BCUT2D eigenvalue weighted by atomic mass is 10.1. The van der Waals surface area contributed by atoms with Crippen LogP contribution < -0.4 is 10.1 Å².